The first-order valence-corrected chi connectivity index (χ1v) is 7.68. The lowest BCUT2D eigenvalue weighted by atomic mass is 9.97. The molecule has 0 amide bonds. The van der Waals surface area contributed by atoms with Crippen LogP contribution in [-0.4, -0.2) is 35.8 Å². The van der Waals surface area contributed by atoms with Gasteiger partial charge in [-0.05, 0) is 49.4 Å². The fraction of sp³-hybridized carbons (Fsp3) is 0.412. The molecule has 1 unspecified atom stereocenters. The van der Waals surface area contributed by atoms with Crippen LogP contribution in [0.3, 0.4) is 0 Å². The zero-order valence-electron chi connectivity index (χ0n) is 12.7. The van der Waals surface area contributed by atoms with E-state index in [0.717, 1.165) is 35.8 Å². The summed E-state index contributed by atoms with van der Waals surface area (Å²) in [6.07, 6.45) is 3.42. The Bertz CT molecular complexity index is 687. The number of carboxylic acid groups (broad SMARTS) is 1. The molecule has 1 N–H and O–H groups in total. The first-order valence-electron chi connectivity index (χ1n) is 7.68. The Hall–Kier alpha value is -2.30. The van der Waals surface area contributed by atoms with Gasteiger partial charge < -0.3 is 14.7 Å². The van der Waals surface area contributed by atoms with E-state index in [0.29, 0.717) is 19.0 Å². The molecule has 3 rings (SSSR count). The molecular weight excluding hydrogens is 280 g/mol. The van der Waals surface area contributed by atoms with E-state index in [4.69, 9.17) is 4.74 Å². The maximum Gasteiger partial charge on any atom is 0.308 e. The van der Waals surface area contributed by atoms with Gasteiger partial charge in [0, 0.05) is 30.4 Å². The number of nitrogens with zero attached hydrogens (tertiary/aromatic N) is 2. The second-order valence-electron chi connectivity index (χ2n) is 5.58. The van der Waals surface area contributed by atoms with Gasteiger partial charge in [-0.1, -0.05) is 0 Å². The molecule has 116 valence electrons. The number of aromatic nitrogens is 1. The van der Waals surface area contributed by atoms with Gasteiger partial charge in [0.2, 0.25) is 5.88 Å². The summed E-state index contributed by atoms with van der Waals surface area (Å²) in [5, 5.41) is 11.3. The molecule has 0 saturated carbocycles. The molecule has 1 saturated heterocycles. The van der Waals surface area contributed by atoms with Crippen molar-refractivity contribution in [3.8, 4) is 5.88 Å². The summed E-state index contributed by atoms with van der Waals surface area (Å²) in [5.41, 5.74) is 1.06. The lowest BCUT2D eigenvalue weighted by molar-refractivity contribution is -0.141. The van der Waals surface area contributed by atoms with Crippen LogP contribution in [0.5, 0.6) is 5.88 Å². The summed E-state index contributed by atoms with van der Waals surface area (Å²) < 4.78 is 5.55. The lowest BCUT2D eigenvalue weighted by Gasteiger charge is -2.32. The first-order chi connectivity index (χ1) is 10.7. The fourth-order valence-corrected chi connectivity index (χ4v) is 3.00. The number of anilines is 1. The van der Waals surface area contributed by atoms with E-state index in [1.54, 1.807) is 6.20 Å². The number of carboxylic acids is 1. The predicted molar refractivity (Wildman–Crippen MR) is 85.5 cm³/mol. The smallest absolute Gasteiger partial charge is 0.308 e. The second-order valence-corrected chi connectivity index (χ2v) is 5.58. The molecule has 0 bridgehead atoms. The highest BCUT2D eigenvalue weighted by atomic mass is 16.5. The molecule has 0 radical (unpaired) electrons. The van der Waals surface area contributed by atoms with E-state index >= 15 is 0 Å². The van der Waals surface area contributed by atoms with E-state index < -0.39 is 5.97 Å². The highest BCUT2D eigenvalue weighted by Gasteiger charge is 2.25. The summed E-state index contributed by atoms with van der Waals surface area (Å²) >= 11 is 0. The van der Waals surface area contributed by atoms with E-state index in [9.17, 15) is 9.90 Å². The van der Waals surface area contributed by atoms with Gasteiger partial charge in [0.15, 0.2) is 0 Å². The van der Waals surface area contributed by atoms with Crippen LogP contribution in [0.15, 0.2) is 30.5 Å². The van der Waals surface area contributed by atoms with Crippen molar-refractivity contribution < 1.29 is 14.6 Å². The summed E-state index contributed by atoms with van der Waals surface area (Å²) in [5.74, 6) is -0.331. The largest absolute Gasteiger partial charge is 0.481 e. The molecule has 0 aliphatic carbocycles. The van der Waals surface area contributed by atoms with Gasteiger partial charge in [-0.15, -0.1) is 0 Å². The van der Waals surface area contributed by atoms with E-state index in [1.165, 1.54) is 0 Å². The number of fused-ring (bicyclic) bond motifs is 1. The molecule has 1 fully saturated rings. The third-order valence-electron chi connectivity index (χ3n) is 4.13. The molecule has 2 heterocycles. The molecule has 1 aliphatic heterocycles. The Morgan fingerprint density at radius 1 is 1.45 bits per heavy atom. The van der Waals surface area contributed by atoms with E-state index in [1.807, 2.05) is 25.1 Å². The minimum absolute atomic E-state index is 0.277. The van der Waals surface area contributed by atoms with Crippen LogP contribution >= 0.6 is 0 Å². The normalized spacial score (nSPS) is 18.4. The Morgan fingerprint density at radius 2 is 2.32 bits per heavy atom. The van der Waals surface area contributed by atoms with Gasteiger partial charge in [-0.3, -0.25) is 4.79 Å². The van der Waals surface area contributed by atoms with Crippen molar-refractivity contribution in [3.05, 3.63) is 30.5 Å². The standard InChI is InChI=1S/C17H20N2O3/c1-2-22-16-15-6-5-14(10-12(15)7-8-18-16)19-9-3-4-13(11-19)17(20)21/h5-8,10,13H,2-4,9,11H2,1H3,(H,20,21). The number of rotatable bonds is 4. The third-order valence-corrected chi connectivity index (χ3v) is 4.13. The number of hydrogen-bond donors (Lipinski definition) is 1. The number of ether oxygens (including phenoxy) is 1. The lowest BCUT2D eigenvalue weighted by Crippen LogP contribution is -2.38. The zero-order chi connectivity index (χ0) is 15.5. The number of piperidine rings is 1. The van der Waals surface area contributed by atoms with Crippen LogP contribution in [0.2, 0.25) is 0 Å². The number of aliphatic carboxylic acids is 1. The molecule has 5 nitrogen and oxygen atoms in total. The maximum atomic E-state index is 11.2. The van der Waals surface area contributed by atoms with Crippen LogP contribution in [0, 0.1) is 5.92 Å². The monoisotopic (exact) mass is 300 g/mol. The number of hydrogen-bond acceptors (Lipinski definition) is 4. The molecule has 1 aliphatic rings. The van der Waals surface area contributed by atoms with Crippen molar-refractivity contribution in [2.75, 3.05) is 24.6 Å². The van der Waals surface area contributed by atoms with Gasteiger partial charge in [-0.2, -0.15) is 0 Å². The minimum atomic E-state index is -0.701. The van der Waals surface area contributed by atoms with Crippen LogP contribution in [0.1, 0.15) is 19.8 Å². The van der Waals surface area contributed by atoms with E-state index in [-0.39, 0.29) is 5.92 Å². The molecule has 1 aromatic carbocycles. The summed E-state index contributed by atoms with van der Waals surface area (Å²) in [4.78, 5) is 17.6. The van der Waals surface area contributed by atoms with Crippen LogP contribution in [0.4, 0.5) is 5.69 Å². The molecule has 22 heavy (non-hydrogen) atoms. The highest BCUT2D eigenvalue weighted by molar-refractivity contribution is 5.89. The number of pyridine rings is 1. The van der Waals surface area contributed by atoms with Crippen LogP contribution in [0.25, 0.3) is 10.8 Å². The molecular formula is C17H20N2O3. The maximum absolute atomic E-state index is 11.2. The SMILES string of the molecule is CCOc1nccc2cc(N3CCCC(C(=O)O)C3)ccc12. The van der Waals surface area contributed by atoms with Crippen LogP contribution < -0.4 is 9.64 Å². The van der Waals surface area contributed by atoms with Gasteiger partial charge in [0.25, 0.3) is 0 Å². The summed E-state index contributed by atoms with van der Waals surface area (Å²) in [7, 11) is 0. The average Bonchev–Trinajstić information content (AvgIpc) is 2.55. The Morgan fingerprint density at radius 3 is 3.09 bits per heavy atom. The summed E-state index contributed by atoms with van der Waals surface area (Å²) in [6, 6.07) is 8.08. The molecule has 1 atom stereocenters. The van der Waals surface area contributed by atoms with Crippen molar-refractivity contribution >= 4 is 22.4 Å². The molecule has 0 spiro atoms. The highest BCUT2D eigenvalue weighted by Crippen LogP contribution is 2.29. The number of benzene rings is 1. The van der Waals surface area contributed by atoms with Crippen molar-refractivity contribution in [2.24, 2.45) is 5.92 Å². The summed E-state index contributed by atoms with van der Waals surface area (Å²) in [6.45, 7) is 4.00. The van der Waals surface area contributed by atoms with Crippen molar-refractivity contribution in [3.63, 3.8) is 0 Å². The van der Waals surface area contributed by atoms with Crippen molar-refractivity contribution in [2.45, 2.75) is 19.8 Å². The minimum Gasteiger partial charge on any atom is -0.481 e. The zero-order valence-corrected chi connectivity index (χ0v) is 12.7. The number of carbonyl (C=O) groups is 1. The second kappa shape index (κ2) is 6.22. The van der Waals surface area contributed by atoms with Gasteiger partial charge in [0.05, 0.1) is 12.5 Å². The quantitative estimate of drug-likeness (QED) is 0.940. The topological polar surface area (TPSA) is 62.7 Å². The molecule has 5 heteroatoms. The molecule has 2 aromatic rings. The average molecular weight is 300 g/mol. The third kappa shape index (κ3) is 2.84. The van der Waals surface area contributed by atoms with Crippen molar-refractivity contribution in [1.82, 2.24) is 4.98 Å². The van der Waals surface area contributed by atoms with E-state index in [2.05, 4.69) is 16.0 Å². The first kappa shape index (κ1) is 14.6. The van der Waals surface area contributed by atoms with Crippen molar-refractivity contribution in [1.29, 1.82) is 0 Å². The Kier molecular flexibility index (Phi) is 4.13. The molecule has 1 aromatic heterocycles. The van der Waals surface area contributed by atoms with Crippen LogP contribution in [-0.2, 0) is 4.79 Å². The Labute approximate surface area is 129 Å². The van der Waals surface area contributed by atoms with Gasteiger partial charge >= 0.3 is 5.97 Å². The van der Waals surface area contributed by atoms with Gasteiger partial charge in [-0.25, -0.2) is 4.98 Å². The predicted octanol–water partition coefficient (Wildman–Crippen LogP) is 2.93. The Balaban J connectivity index is 1.90. The fourth-order valence-electron chi connectivity index (χ4n) is 3.00. The van der Waals surface area contributed by atoms with Gasteiger partial charge in [0.1, 0.15) is 0 Å².